The van der Waals surface area contributed by atoms with E-state index in [-0.39, 0.29) is 6.10 Å². The minimum Gasteiger partial charge on any atom is -0.458 e. The number of carbonyl (C=O) groups excluding carboxylic acids is 1. The van der Waals surface area contributed by atoms with E-state index in [0.717, 1.165) is 5.69 Å². The summed E-state index contributed by atoms with van der Waals surface area (Å²) in [6, 6.07) is 0. The van der Waals surface area contributed by atoms with Crippen molar-refractivity contribution in [3.63, 3.8) is 0 Å². The van der Waals surface area contributed by atoms with Gasteiger partial charge in [0.1, 0.15) is 6.10 Å². The predicted molar refractivity (Wildman–Crippen MR) is 50.2 cm³/mol. The topological polar surface area (TPSA) is 52.1 Å². The lowest BCUT2D eigenvalue weighted by atomic mass is 10.3. The summed E-state index contributed by atoms with van der Waals surface area (Å²) >= 11 is 3.26. The fraction of sp³-hybridized carbons (Fsp3) is 0.375. The van der Waals surface area contributed by atoms with Gasteiger partial charge in [-0.3, -0.25) is 14.8 Å². The molecule has 1 atom stereocenters. The summed E-state index contributed by atoms with van der Waals surface area (Å²) in [6.45, 7) is 2.15. The van der Waals surface area contributed by atoms with Crippen LogP contribution in [0.2, 0.25) is 0 Å². The molecule has 0 radical (unpaired) electrons. The van der Waals surface area contributed by atoms with E-state index in [2.05, 4.69) is 25.9 Å². The highest BCUT2D eigenvalue weighted by atomic mass is 79.9. The first-order valence-electron chi connectivity index (χ1n) is 3.73. The minimum atomic E-state index is -0.339. The number of ether oxygens (including phenoxy) is 1. The highest BCUT2D eigenvalue weighted by Gasteiger charge is 2.06. The van der Waals surface area contributed by atoms with Gasteiger partial charge in [0.05, 0.1) is 17.6 Å². The Kier molecular flexibility index (Phi) is 3.82. The molecular weight excluding hydrogens is 236 g/mol. The average molecular weight is 245 g/mol. The van der Waals surface area contributed by atoms with Gasteiger partial charge in [-0.05, 0) is 6.92 Å². The van der Waals surface area contributed by atoms with Gasteiger partial charge in [0, 0.05) is 11.5 Å². The van der Waals surface area contributed by atoms with Crippen LogP contribution in [0.1, 0.15) is 24.4 Å². The van der Waals surface area contributed by atoms with E-state index < -0.39 is 0 Å². The molecule has 1 heterocycles. The molecular formula is C8H9BrN2O2. The van der Waals surface area contributed by atoms with Gasteiger partial charge in [0.2, 0.25) is 0 Å². The molecule has 0 saturated carbocycles. The highest BCUT2D eigenvalue weighted by molar-refractivity contribution is 9.08. The number of rotatable bonds is 4. The second-order valence-electron chi connectivity index (χ2n) is 2.44. The Labute approximate surface area is 84.5 Å². The molecule has 1 aromatic heterocycles. The lowest BCUT2D eigenvalue weighted by Crippen LogP contribution is -2.02. The van der Waals surface area contributed by atoms with Crippen molar-refractivity contribution in [1.29, 1.82) is 0 Å². The summed E-state index contributed by atoms with van der Waals surface area (Å²) in [5.74, 6) is 0. The summed E-state index contributed by atoms with van der Waals surface area (Å²) < 4.78 is 4.71. The molecule has 4 nitrogen and oxygen atoms in total. The van der Waals surface area contributed by atoms with Gasteiger partial charge in [-0.1, -0.05) is 15.9 Å². The lowest BCUT2D eigenvalue weighted by molar-refractivity contribution is -0.133. The fourth-order valence-electron chi connectivity index (χ4n) is 0.797. The smallest absolute Gasteiger partial charge is 0.293 e. The Bertz CT molecular complexity index is 276. The molecule has 0 bridgehead atoms. The molecule has 0 amide bonds. The van der Waals surface area contributed by atoms with E-state index in [1.54, 1.807) is 19.3 Å². The van der Waals surface area contributed by atoms with Crippen LogP contribution in [0.25, 0.3) is 0 Å². The zero-order chi connectivity index (χ0) is 9.68. The van der Waals surface area contributed by atoms with Crippen LogP contribution in [0.5, 0.6) is 0 Å². The standard InChI is InChI=1S/C8H9BrN2O2/c1-6(13-5-12)8-4-10-7(2-9)3-11-8/h3-6H,2H2,1H3. The quantitative estimate of drug-likeness (QED) is 0.597. The third kappa shape index (κ3) is 2.77. The fourth-order valence-corrected chi connectivity index (χ4v) is 1.09. The molecule has 1 rings (SSSR count). The highest BCUT2D eigenvalue weighted by Crippen LogP contribution is 2.11. The molecule has 1 unspecified atom stereocenters. The van der Waals surface area contributed by atoms with Gasteiger partial charge in [-0.15, -0.1) is 0 Å². The van der Waals surface area contributed by atoms with Crippen LogP contribution in [0.15, 0.2) is 12.4 Å². The van der Waals surface area contributed by atoms with Gasteiger partial charge in [-0.2, -0.15) is 0 Å². The molecule has 0 aliphatic rings. The second kappa shape index (κ2) is 4.91. The van der Waals surface area contributed by atoms with Crippen LogP contribution >= 0.6 is 15.9 Å². The molecule has 0 N–H and O–H groups in total. The third-order valence-corrected chi connectivity index (χ3v) is 2.11. The summed E-state index contributed by atoms with van der Waals surface area (Å²) in [5.41, 5.74) is 1.50. The molecule has 0 aliphatic carbocycles. The maximum absolute atomic E-state index is 10.0. The van der Waals surface area contributed by atoms with Gasteiger partial charge in [0.15, 0.2) is 0 Å². The van der Waals surface area contributed by atoms with Crippen molar-refractivity contribution < 1.29 is 9.53 Å². The van der Waals surface area contributed by atoms with Gasteiger partial charge >= 0.3 is 0 Å². The van der Waals surface area contributed by atoms with Crippen molar-refractivity contribution in [3.8, 4) is 0 Å². The Hall–Kier alpha value is -0.970. The predicted octanol–water partition coefficient (Wildman–Crippen LogP) is 1.61. The number of nitrogens with zero attached hydrogens (tertiary/aromatic N) is 2. The number of halogens is 1. The monoisotopic (exact) mass is 244 g/mol. The maximum Gasteiger partial charge on any atom is 0.293 e. The molecule has 13 heavy (non-hydrogen) atoms. The Morgan fingerprint density at radius 3 is 2.85 bits per heavy atom. The Morgan fingerprint density at radius 2 is 2.38 bits per heavy atom. The van der Waals surface area contributed by atoms with Crippen molar-refractivity contribution in [1.82, 2.24) is 9.97 Å². The van der Waals surface area contributed by atoms with Crippen molar-refractivity contribution in [2.45, 2.75) is 18.4 Å². The second-order valence-corrected chi connectivity index (χ2v) is 3.00. The molecule has 0 aromatic carbocycles. The van der Waals surface area contributed by atoms with Crippen LogP contribution in [0.4, 0.5) is 0 Å². The van der Waals surface area contributed by atoms with E-state index in [1.165, 1.54) is 0 Å². The molecule has 1 aromatic rings. The number of hydrogen-bond acceptors (Lipinski definition) is 4. The first-order chi connectivity index (χ1) is 6.27. The van der Waals surface area contributed by atoms with E-state index in [1.807, 2.05) is 0 Å². The molecule has 5 heteroatoms. The number of aromatic nitrogens is 2. The van der Waals surface area contributed by atoms with Crippen LogP contribution in [0.3, 0.4) is 0 Å². The van der Waals surface area contributed by atoms with Crippen molar-refractivity contribution in [3.05, 3.63) is 23.8 Å². The molecule has 70 valence electrons. The van der Waals surface area contributed by atoms with Crippen LogP contribution in [0, 0.1) is 0 Å². The first kappa shape index (κ1) is 10.1. The summed E-state index contributed by atoms with van der Waals surface area (Å²) in [6.07, 6.45) is 2.91. The molecule has 0 saturated heterocycles. The van der Waals surface area contributed by atoms with E-state index in [9.17, 15) is 4.79 Å². The Balaban J connectivity index is 2.73. The number of hydrogen-bond donors (Lipinski definition) is 0. The van der Waals surface area contributed by atoms with E-state index >= 15 is 0 Å². The SMILES string of the molecule is CC(OC=O)c1cnc(CBr)cn1. The van der Waals surface area contributed by atoms with Crippen LogP contribution in [-0.2, 0) is 14.9 Å². The first-order valence-corrected chi connectivity index (χ1v) is 4.86. The normalized spacial score (nSPS) is 12.2. The zero-order valence-electron chi connectivity index (χ0n) is 7.11. The van der Waals surface area contributed by atoms with Crippen molar-refractivity contribution in [2.75, 3.05) is 0 Å². The zero-order valence-corrected chi connectivity index (χ0v) is 8.69. The third-order valence-electron chi connectivity index (χ3n) is 1.54. The molecule has 0 spiro atoms. The van der Waals surface area contributed by atoms with Crippen molar-refractivity contribution >= 4 is 22.4 Å². The summed E-state index contributed by atoms with van der Waals surface area (Å²) in [7, 11) is 0. The average Bonchev–Trinajstić information content (AvgIpc) is 2.18. The van der Waals surface area contributed by atoms with E-state index in [4.69, 9.17) is 4.74 Å². The molecule has 0 aliphatic heterocycles. The summed E-state index contributed by atoms with van der Waals surface area (Å²) in [4.78, 5) is 18.2. The van der Waals surface area contributed by atoms with Crippen LogP contribution in [-0.4, -0.2) is 16.4 Å². The Morgan fingerprint density at radius 1 is 1.62 bits per heavy atom. The van der Waals surface area contributed by atoms with Gasteiger partial charge in [-0.25, -0.2) is 0 Å². The minimum absolute atomic E-state index is 0.339. The number of alkyl halides is 1. The van der Waals surface area contributed by atoms with Crippen molar-refractivity contribution in [2.24, 2.45) is 0 Å². The van der Waals surface area contributed by atoms with Crippen LogP contribution < -0.4 is 0 Å². The number of carbonyl (C=O) groups is 1. The largest absolute Gasteiger partial charge is 0.458 e. The summed E-state index contributed by atoms with van der Waals surface area (Å²) in [5, 5.41) is 0.670. The maximum atomic E-state index is 10.0. The van der Waals surface area contributed by atoms with Gasteiger partial charge < -0.3 is 4.74 Å². The van der Waals surface area contributed by atoms with Gasteiger partial charge in [0.25, 0.3) is 6.47 Å². The van der Waals surface area contributed by atoms with E-state index in [0.29, 0.717) is 17.5 Å². The lowest BCUT2D eigenvalue weighted by Gasteiger charge is -2.07. The molecule has 0 fully saturated rings.